The molecule has 7 heteroatoms. The molecule has 1 fully saturated rings. The summed E-state index contributed by atoms with van der Waals surface area (Å²) in [6, 6.07) is 7.92. The fourth-order valence-electron chi connectivity index (χ4n) is 3.64. The zero-order valence-electron chi connectivity index (χ0n) is 14.9. The van der Waals surface area contributed by atoms with E-state index in [1.807, 2.05) is 36.7 Å². The number of halogens is 1. The molecule has 2 aromatic rings. The summed E-state index contributed by atoms with van der Waals surface area (Å²) in [6.45, 7) is 5.79. The van der Waals surface area contributed by atoms with E-state index >= 15 is 0 Å². The van der Waals surface area contributed by atoms with Gasteiger partial charge in [0, 0.05) is 16.3 Å². The van der Waals surface area contributed by atoms with Gasteiger partial charge in [-0.1, -0.05) is 23.7 Å². The third-order valence-electron chi connectivity index (χ3n) is 4.90. The molecule has 1 aliphatic heterocycles. The van der Waals surface area contributed by atoms with Crippen molar-refractivity contribution >= 4 is 21.4 Å². The van der Waals surface area contributed by atoms with Crippen molar-refractivity contribution < 1.29 is 13.3 Å². The Hall–Kier alpha value is -1.37. The molecule has 0 saturated carbocycles. The summed E-state index contributed by atoms with van der Waals surface area (Å²) < 4.78 is 25.5. The van der Waals surface area contributed by atoms with Gasteiger partial charge in [0.15, 0.2) is 9.84 Å². The molecule has 3 rings (SSSR count). The zero-order chi connectivity index (χ0) is 18.2. The quantitative estimate of drug-likeness (QED) is 0.856. The van der Waals surface area contributed by atoms with Crippen molar-refractivity contribution in [2.24, 2.45) is 0 Å². The van der Waals surface area contributed by atoms with Crippen LogP contribution in [0.1, 0.15) is 35.0 Å². The summed E-state index contributed by atoms with van der Waals surface area (Å²) in [5.74, 6) is 0.477. The highest BCUT2D eigenvalue weighted by Crippen LogP contribution is 2.26. The maximum Gasteiger partial charge on any atom is 0.152 e. The Kier molecular flexibility index (Phi) is 5.23. The normalized spacial score (nSPS) is 20.7. The van der Waals surface area contributed by atoms with Crippen molar-refractivity contribution in [3.05, 3.63) is 51.8 Å². The molecule has 0 radical (unpaired) electrons. The summed E-state index contributed by atoms with van der Waals surface area (Å²) in [5.41, 5.74) is 4.50. The van der Waals surface area contributed by atoms with Crippen LogP contribution in [0.15, 0.2) is 24.3 Å². The second-order valence-corrected chi connectivity index (χ2v) is 9.76. The van der Waals surface area contributed by atoms with Gasteiger partial charge in [0.25, 0.3) is 0 Å². The van der Waals surface area contributed by atoms with Crippen molar-refractivity contribution in [3.8, 4) is 0 Å². The van der Waals surface area contributed by atoms with Crippen LogP contribution >= 0.6 is 11.6 Å². The number of aromatic nitrogens is 2. The lowest BCUT2D eigenvalue weighted by Crippen LogP contribution is -3.06. The molecule has 0 spiro atoms. The molecule has 1 unspecified atom stereocenters. The first-order chi connectivity index (χ1) is 11.7. The molecule has 1 saturated heterocycles. The topological polar surface area (TPSA) is 56.4 Å². The van der Waals surface area contributed by atoms with E-state index in [-0.39, 0.29) is 17.5 Å². The Labute approximate surface area is 154 Å². The summed E-state index contributed by atoms with van der Waals surface area (Å²) >= 11 is 6.07. The van der Waals surface area contributed by atoms with Crippen molar-refractivity contribution in [2.75, 3.05) is 18.6 Å². The molecule has 1 aromatic heterocycles. The van der Waals surface area contributed by atoms with E-state index < -0.39 is 9.84 Å². The molecular weight excluding hydrogens is 358 g/mol. The molecule has 0 bridgehead atoms. The Balaban J connectivity index is 1.74. The second kappa shape index (κ2) is 7.09. The van der Waals surface area contributed by atoms with Crippen molar-refractivity contribution in [1.29, 1.82) is 0 Å². The largest absolute Gasteiger partial charge is 0.330 e. The van der Waals surface area contributed by atoms with Crippen LogP contribution in [0.25, 0.3) is 0 Å². The van der Waals surface area contributed by atoms with Gasteiger partial charge in [0.2, 0.25) is 0 Å². The third kappa shape index (κ3) is 4.25. The van der Waals surface area contributed by atoms with Crippen LogP contribution in [-0.2, 0) is 22.9 Å². The first-order valence-corrected chi connectivity index (χ1v) is 10.8. The predicted molar refractivity (Wildman–Crippen MR) is 99.8 cm³/mol. The van der Waals surface area contributed by atoms with Gasteiger partial charge >= 0.3 is 0 Å². The van der Waals surface area contributed by atoms with Gasteiger partial charge in [-0.15, -0.1) is 0 Å². The summed E-state index contributed by atoms with van der Waals surface area (Å²) in [5, 5.41) is 5.41. The average molecular weight is 383 g/mol. The van der Waals surface area contributed by atoms with E-state index in [1.165, 1.54) is 16.0 Å². The first kappa shape index (κ1) is 18.4. The first-order valence-electron chi connectivity index (χ1n) is 8.56. The Morgan fingerprint density at radius 3 is 2.72 bits per heavy atom. The minimum atomic E-state index is -2.91. The summed E-state index contributed by atoms with van der Waals surface area (Å²) in [7, 11) is -0.760. The molecule has 0 aliphatic carbocycles. The van der Waals surface area contributed by atoms with Gasteiger partial charge in [0.1, 0.15) is 13.1 Å². The molecule has 136 valence electrons. The van der Waals surface area contributed by atoms with E-state index in [2.05, 4.69) is 18.2 Å². The van der Waals surface area contributed by atoms with Crippen molar-refractivity contribution in [1.82, 2.24) is 9.78 Å². The minimum absolute atomic E-state index is 0.0225. The second-order valence-electron chi connectivity index (χ2n) is 7.09. The molecule has 5 nitrogen and oxygen atoms in total. The molecule has 25 heavy (non-hydrogen) atoms. The van der Waals surface area contributed by atoms with E-state index in [1.54, 1.807) is 0 Å². The van der Waals surface area contributed by atoms with E-state index in [0.717, 1.165) is 29.5 Å². The molecule has 2 atom stereocenters. The molecule has 1 aromatic carbocycles. The van der Waals surface area contributed by atoms with E-state index in [4.69, 9.17) is 11.6 Å². The lowest BCUT2D eigenvalue weighted by Gasteiger charge is -2.15. The van der Waals surface area contributed by atoms with Crippen LogP contribution in [0, 0.1) is 13.8 Å². The molecule has 1 N–H and O–H groups in total. The Morgan fingerprint density at radius 2 is 2.08 bits per heavy atom. The molecule has 2 heterocycles. The van der Waals surface area contributed by atoms with Crippen LogP contribution in [0.3, 0.4) is 0 Å². The number of hydrogen-bond donors (Lipinski definition) is 1. The number of nitrogens with one attached hydrogen (secondary N) is 1. The van der Waals surface area contributed by atoms with E-state index in [9.17, 15) is 8.42 Å². The Morgan fingerprint density at radius 1 is 1.32 bits per heavy atom. The fraction of sp³-hybridized carbons (Fsp3) is 0.500. The average Bonchev–Trinajstić information content (AvgIpc) is 3.01. The number of sulfone groups is 1. The number of benzene rings is 1. The highest BCUT2D eigenvalue weighted by molar-refractivity contribution is 7.91. The molecule has 0 amide bonds. The highest BCUT2D eigenvalue weighted by Gasteiger charge is 2.31. The van der Waals surface area contributed by atoms with Gasteiger partial charge < -0.3 is 4.90 Å². The number of nitrogens with zero attached hydrogens (tertiary/aromatic N) is 2. The number of rotatable bonds is 5. The van der Waals surface area contributed by atoms with Crippen LogP contribution < -0.4 is 4.90 Å². The zero-order valence-corrected chi connectivity index (χ0v) is 16.5. The molecular formula is C18H25ClN3O2S+. The van der Waals surface area contributed by atoms with Gasteiger partial charge in [-0.25, -0.2) is 8.42 Å². The highest BCUT2D eigenvalue weighted by atomic mass is 35.5. The van der Waals surface area contributed by atoms with Crippen LogP contribution in [0.5, 0.6) is 0 Å². The molecule has 1 aliphatic rings. The van der Waals surface area contributed by atoms with Gasteiger partial charge in [0.05, 0.1) is 35.9 Å². The van der Waals surface area contributed by atoms with Crippen molar-refractivity contribution in [3.63, 3.8) is 0 Å². The Bertz CT molecular complexity index is 876. The maximum atomic E-state index is 11.8. The van der Waals surface area contributed by atoms with Gasteiger partial charge in [-0.3, -0.25) is 4.68 Å². The summed E-state index contributed by atoms with van der Waals surface area (Å²) in [4.78, 5) is 1.34. The third-order valence-corrected chi connectivity index (χ3v) is 6.89. The van der Waals surface area contributed by atoms with Crippen LogP contribution in [0.4, 0.5) is 0 Å². The number of quaternary nitrogens is 1. The maximum absolute atomic E-state index is 11.8. The van der Waals surface area contributed by atoms with Crippen LogP contribution in [-0.4, -0.2) is 36.8 Å². The minimum Gasteiger partial charge on any atom is -0.330 e. The lowest BCUT2D eigenvalue weighted by molar-refractivity contribution is -0.907. The predicted octanol–water partition coefficient (Wildman–Crippen LogP) is 1.73. The van der Waals surface area contributed by atoms with Crippen molar-refractivity contribution in [2.45, 2.75) is 39.4 Å². The number of aryl methyl sites for hydroxylation is 1. The monoisotopic (exact) mass is 382 g/mol. The standard InChI is InChI=1S/C18H24ClN3O2S/c1-13-18(11-21(3)10-15-5-4-6-16(19)9-15)14(2)22(20-13)17-7-8-25(23,24)12-17/h4-6,9,17H,7-8,10-12H2,1-3H3/p+1/t17-/m1/s1. The smallest absolute Gasteiger partial charge is 0.152 e. The summed E-state index contributed by atoms with van der Waals surface area (Å²) in [6.07, 6.45) is 0.662. The lowest BCUT2D eigenvalue weighted by atomic mass is 10.1. The van der Waals surface area contributed by atoms with Gasteiger partial charge in [-0.05, 0) is 32.4 Å². The van der Waals surface area contributed by atoms with Gasteiger partial charge in [-0.2, -0.15) is 5.10 Å². The SMILES string of the molecule is Cc1nn([C@@H]2CCS(=O)(=O)C2)c(C)c1C[NH+](C)Cc1cccc(Cl)c1. The van der Waals surface area contributed by atoms with E-state index in [0.29, 0.717) is 6.42 Å². The van der Waals surface area contributed by atoms with Crippen LogP contribution in [0.2, 0.25) is 5.02 Å². The number of hydrogen-bond acceptors (Lipinski definition) is 3. The fourth-order valence-corrected chi connectivity index (χ4v) is 5.54.